The molecule has 2 aliphatic rings. The Morgan fingerprint density at radius 1 is 1.64 bits per heavy atom. The van der Waals surface area contributed by atoms with Crippen LogP contribution in [0.1, 0.15) is 13.3 Å². The maximum atomic E-state index is 5.66. The Morgan fingerprint density at radius 2 is 2.45 bits per heavy atom. The fraction of sp³-hybridized carbons (Fsp3) is 1.00. The van der Waals surface area contributed by atoms with Crippen LogP contribution < -0.4 is 5.73 Å². The lowest BCUT2D eigenvalue weighted by molar-refractivity contribution is -0.00741. The molecule has 0 saturated carbocycles. The molecule has 0 radical (unpaired) electrons. The summed E-state index contributed by atoms with van der Waals surface area (Å²) in [5.41, 5.74) is 5.56. The Bertz CT molecular complexity index is 162. The van der Waals surface area contributed by atoms with Crippen molar-refractivity contribution < 1.29 is 9.47 Å². The van der Waals surface area contributed by atoms with E-state index in [1.54, 1.807) is 0 Å². The van der Waals surface area contributed by atoms with Gasteiger partial charge in [0.25, 0.3) is 0 Å². The highest BCUT2D eigenvalue weighted by atomic mass is 16.6. The molecule has 0 bridgehead atoms. The van der Waals surface area contributed by atoms with E-state index in [2.05, 4.69) is 6.92 Å². The topological polar surface area (TPSA) is 44.5 Å². The van der Waals surface area contributed by atoms with Crippen molar-refractivity contribution in [1.82, 2.24) is 0 Å². The Hall–Kier alpha value is -0.120. The average molecular weight is 157 g/mol. The van der Waals surface area contributed by atoms with Crippen molar-refractivity contribution in [3.05, 3.63) is 0 Å². The first-order chi connectivity index (χ1) is 5.26. The maximum absolute atomic E-state index is 5.66. The van der Waals surface area contributed by atoms with Crippen molar-refractivity contribution in [3.63, 3.8) is 0 Å². The quantitative estimate of drug-likeness (QED) is 0.589. The van der Waals surface area contributed by atoms with E-state index in [-0.39, 0.29) is 11.7 Å². The summed E-state index contributed by atoms with van der Waals surface area (Å²) in [5.74, 6) is 0.419. The highest BCUT2D eigenvalue weighted by molar-refractivity contribution is 4.99. The summed E-state index contributed by atoms with van der Waals surface area (Å²) < 4.78 is 11.2. The van der Waals surface area contributed by atoms with Crippen LogP contribution in [0.5, 0.6) is 0 Å². The zero-order valence-electron chi connectivity index (χ0n) is 6.88. The van der Waals surface area contributed by atoms with E-state index in [1.165, 1.54) is 0 Å². The first-order valence-electron chi connectivity index (χ1n) is 4.22. The molecule has 2 rings (SSSR count). The van der Waals surface area contributed by atoms with E-state index in [4.69, 9.17) is 15.2 Å². The average Bonchev–Trinajstić information content (AvgIpc) is 2.45. The molecule has 0 aliphatic carbocycles. The fourth-order valence-electron chi connectivity index (χ4n) is 2.07. The van der Waals surface area contributed by atoms with Crippen molar-refractivity contribution in [2.75, 3.05) is 19.8 Å². The van der Waals surface area contributed by atoms with Crippen LogP contribution in [0.2, 0.25) is 0 Å². The number of fused-ring (bicyclic) bond motifs is 1. The van der Waals surface area contributed by atoms with Gasteiger partial charge in [0.2, 0.25) is 0 Å². The molecule has 2 N–H and O–H groups in total. The largest absolute Gasteiger partial charge is 0.375 e. The standard InChI is InChI=1S/C8H15NO2/c1-8-2-3-10-7(8)6(4-9)5-11-8/h6-7H,2-5,9H2,1H3/t6?,7-,8-/m1/s1. The molecule has 3 heteroatoms. The van der Waals surface area contributed by atoms with Crippen LogP contribution in [0.3, 0.4) is 0 Å². The van der Waals surface area contributed by atoms with E-state index < -0.39 is 0 Å². The summed E-state index contributed by atoms with van der Waals surface area (Å²) in [4.78, 5) is 0. The van der Waals surface area contributed by atoms with Crippen molar-refractivity contribution >= 4 is 0 Å². The molecule has 3 nitrogen and oxygen atoms in total. The second-order valence-corrected chi connectivity index (χ2v) is 3.66. The third kappa shape index (κ3) is 0.991. The van der Waals surface area contributed by atoms with Crippen LogP contribution >= 0.6 is 0 Å². The van der Waals surface area contributed by atoms with Gasteiger partial charge in [-0.05, 0) is 13.5 Å². The third-order valence-electron chi connectivity index (χ3n) is 2.86. The molecule has 2 aliphatic heterocycles. The second-order valence-electron chi connectivity index (χ2n) is 3.66. The van der Waals surface area contributed by atoms with Crippen LogP contribution in [0.4, 0.5) is 0 Å². The van der Waals surface area contributed by atoms with Gasteiger partial charge in [-0.15, -0.1) is 0 Å². The lowest BCUT2D eigenvalue weighted by atomic mass is 9.92. The molecular formula is C8H15NO2. The van der Waals surface area contributed by atoms with E-state index >= 15 is 0 Å². The lowest BCUT2D eigenvalue weighted by Crippen LogP contribution is -2.36. The minimum absolute atomic E-state index is 0.0238. The van der Waals surface area contributed by atoms with Gasteiger partial charge in [-0.2, -0.15) is 0 Å². The molecule has 0 amide bonds. The van der Waals surface area contributed by atoms with Gasteiger partial charge in [-0.1, -0.05) is 0 Å². The summed E-state index contributed by atoms with van der Waals surface area (Å²) in [6, 6.07) is 0. The van der Waals surface area contributed by atoms with Crippen LogP contribution in [0.15, 0.2) is 0 Å². The summed E-state index contributed by atoms with van der Waals surface area (Å²) in [5, 5.41) is 0. The lowest BCUT2D eigenvalue weighted by Gasteiger charge is -2.22. The third-order valence-corrected chi connectivity index (χ3v) is 2.86. The van der Waals surface area contributed by atoms with Gasteiger partial charge in [0.05, 0.1) is 18.3 Å². The fourth-order valence-corrected chi connectivity index (χ4v) is 2.07. The Balaban J connectivity index is 2.13. The molecule has 11 heavy (non-hydrogen) atoms. The van der Waals surface area contributed by atoms with E-state index in [0.717, 1.165) is 19.6 Å². The van der Waals surface area contributed by atoms with Gasteiger partial charge in [-0.25, -0.2) is 0 Å². The monoisotopic (exact) mass is 157 g/mol. The zero-order chi connectivity index (χ0) is 7.90. The molecule has 0 spiro atoms. The highest BCUT2D eigenvalue weighted by Gasteiger charge is 2.50. The number of rotatable bonds is 1. The number of ether oxygens (including phenoxy) is 2. The van der Waals surface area contributed by atoms with E-state index in [0.29, 0.717) is 12.5 Å². The summed E-state index contributed by atoms with van der Waals surface area (Å²) in [6.07, 6.45) is 1.28. The Morgan fingerprint density at radius 3 is 3.18 bits per heavy atom. The van der Waals surface area contributed by atoms with Crippen LogP contribution in [-0.4, -0.2) is 31.5 Å². The first kappa shape index (κ1) is 7.53. The smallest absolute Gasteiger partial charge is 0.0941 e. The Labute approximate surface area is 66.8 Å². The van der Waals surface area contributed by atoms with Crippen molar-refractivity contribution in [1.29, 1.82) is 0 Å². The van der Waals surface area contributed by atoms with Crippen LogP contribution in [0.25, 0.3) is 0 Å². The van der Waals surface area contributed by atoms with E-state index in [9.17, 15) is 0 Å². The molecule has 0 aromatic carbocycles. The zero-order valence-corrected chi connectivity index (χ0v) is 6.88. The van der Waals surface area contributed by atoms with Crippen molar-refractivity contribution in [2.24, 2.45) is 11.7 Å². The van der Waals surface area contributed by atoms with Crippen molar-refractivity contribution in [2.45, 2.75) is 25.0 Å². The van der Waals surface area contributed by atoms with Gasteiger partial charge >= 0.3 is 0 Å². The molecule has 2 saturated heterocycles. The van der Waals surface area contributed by atoms with Crippen LogP contribution in [0, 0.1) is 5.92 Å². The molecule has 1 unspecified atom stereocenters. The number of hydrogen-bond donors (Lipinski definition) is 1. The SMILES string of the molecule is C[C@@]12CCO[C@@H]1C(CN)CO2. The normalized spacial score (nSPS) is 49.6. The van der Waals surface area contributed by atoms with Crippen LogP contribution in [-0.2, 0) is 9.47 Å². The highest BCUT2D eigenvalue weighted by Crippen LogP contribution is 2.39. The van der Waals surface area contributed by atoms with Gasteiger partial charge < -0.3 is 15.2 Å². The molecule has 2 heterocycles. The molecule has 3 atom stereocenters. The maximum Gasteiger partial charge on any atom is 0.0941 e. The molecular weight excluding hydrogens is 142 g/mol. The summed E-state index contributed by atoms with van der Waals surface area (Å²) in [7, 11) is 0. The molecule has 64 valence electrons. The summed E-state index contributed by atoms with van der Waals surface area (Å²) in [6.45, 7) is 4.41. The number of nitrogens with two attached hydrogens (primary N) is 1. The van der Waals surface area contributed by atoms with Gasteiger partial charge in [0.1, 0.15) is 0 Å². The second kappa shape index (κ2) is 2.44. The minimum Gasteiger partial charge on any atom is -0.375 e. The first-order valence-corrected chi connectivity index (χ1v) is 4.22. The van der Waals surface area contributed by atoms with Gasteiger partial charge in [0, 0.05) is 18.9 Å². The number of hydrogen-bond acceptors (Lipinski definition) is 3. The summed E-state index contributed by atoms with van der Waals surface area (Å²) >= 11 is 0. The Kier molecular flexibility index (Phi) is 1.67. The predicted octanol–water partition coefficient (Wildman–Crippen LogP) is 0.139. The predicted molar refractivity (Wildman–Crippen MR) is 41.3 cm³/mol. The minimum atomic E-state index is -0.0238. The van der Waals surface area contributed by atoms with Gasteiger partial charge in [0.15, 0.2) is 0 Å². The van der Waals surface area contributed by atoms with Crippen molar-refractivity contribution in [3.8, 4) is 0 Å². The van der Waals surface area contributed by atoms with Gasteiger partial charge in [-0.3, -0.25) is 0 Å². The molecule has 2 fully saturated rings. The van der Waals surface area contributed by atoms with E-state index in [1.807, 2.05) is 0 Å². The molecule has 0 aromatic rings. The molecule has 0 aromatic heterocycles.